The van der Waals surface area contributed by atoms with E-state index in [1.54, 1.807) is 12.1 Å². The van der Waals surface area contributed by atoms with E-state index in [1.807, 2.05) is 42.3 Å². The Kier molecular flexibility index (Phi) is 7.94. The number of piperidine rings is 1. The first-order valence-electron chi connectivity index (χ1n) is 8.60. The molecule has 1 fully saturated rings. The van der Waals surface area contributed by atoms with Crippen molar-refractivity contribution in [3.8, 4) is 0 Å². The first-order valence-corrected chi connectivity index (χ1v) is 9.48. The lowest BCUT2D eigenvalue weighted by atomic mass is 10.0. The van der Waals surface area contributed by atoms with Crippen LogP contribution in [0.1, 0.15) is 23.7 Å². The number of rotatable bonds is 5. The van der Waals surface area contributed by atoms with Crippen molar-refractivity contribution in [2.45, 2.75) is 29.0 Å². The number of hydrogen-bond acceptors (Lipinski definition) is 3. The van der Waals surface area contributed by atoms with Crippen molar-refractivity contribution >= 4 is 30.1 Å². The van der Waals surface area contributed by atoms with Crippen molar-refractivity contribution in [1.82, 2.24) is 10.2 Å². The monoisotopic (exact) mass is 394 g/mol. The van der Waals surface area contributed by atoms with Crippen LogP contribution < -0.4 is 5.32 Å². The Morgan fingerprint density at radius 3 is 2.31 bits per heavy atom. The number of hydrogen-bond donors (Lipinski definition) is 1. The molecule has 0 aromatic heterocycles. The molecule has 1 atom stereocenters. The van der Waals surface area contributed by atoms with Crippen molar-refractivity contribution in [3.63, 3.8) is 0 Å². The van der Waals surface area contributed by atoms with Gasteiger partial charge < -0.3 is 10.2 Å². The predicted octanol–water partition coefficient (Wildman–Crippen LogP) is 4.29. The van der Waals surface area contributed by atoms with Crippen molar-refractivity contribution < 1.29 is 9.18 Å². The lowest BCUT2D eigenvalue weighted by Crippen LogP contribution is -2.45. The van der Waals surface area contributed by atoms with Gasteiger partial charge in [-0.05, 0) is 49.7 Å². The van der Waals surface area contributed by atoms with E-state index >= 15 is 0 Å². The molecule has 1 heterocycles. The number of carbonyl (C=O) groups is 1. The van der Waals surface area contributed by atoms with Crippen LogP contribution >= 0.6 is 24.2 Å². The van der Waals surface area contributed by atoms with Gasteiger partial charge in [0.15, 0.2) is 0 Å². The summed E-state index contributed by atoms with van der Waals surface area (Å²) in [4.78, 5) is 16.0. The Hall–Kier alpha value is -1.56. The maximum atomic E-state index is 13.2. The number of carbonyl (C=O) groups excluding carboxylic acids is 1. The van der Waals surface area contributed by atoms with Crippen LogP contribution in [0.4, 0.5) is 4.39 Å². The van der Waals surface area contributed by atoms with E-state index in [4.69, 9.17) is 0 Å². The molecule has 0 radical (unpaired) electrons. The molecule has 0 bridgehead atoms. The Bertz CT molecular complexity index is 691. The zero-order valence-corrected chi connectivity index (χ0v) is 16.4. The number of thioether (sulfide) groups is 1. The minimum Gasteiger partial charge on any atom is -0.341 e. The van der Waals surface area contributed by atoms with E-state index < -0.39 is 0 Å². The van der Waals surface area contributed by atoms with Gasteiger partial charge in [0.25, 0.3) is 0 Å². The second-order valence-corrected chi connectivity index (χ2v) is 7.43. The Balaban J connectivity index is 0.00000243. The van der Waals surface area contributed by atoms with Crippen molar-refractivity contribution in [2.75, 3.05) is 20.1 Å². The van der Waals surface area contributed by atoms with Crippen LogP contribution in [-0.4, -0.2) is 37.0 Å². The van der Waals surface area contributed by atoms with Gasteiger partial charge in [-0.2, -0.15) is 0 Å². The molecular weight excluding hydrogens is 371 g/mol. The van der Waals surface area contributed by atoms with E-state index in [-0.39, 0.29) is 29.4 Å². The van der Waals surface area contributed by atoms with E-state index in [0.717, 1.165) is 36.4 Å². The largest absolute Gasteiger partial charge is 0.341 e. The molecular formula is C20H24ClFN2OS. The fourth-order valence-corrected chi connectivity index (χ4v) is 4.20. The second kappa shape index (κ2) is 9.95. The van der Waals surface area contributed by atoms with Gasteiger partial charge in [-0.15, -0.1) is 24.2 Å². The first kappa shape index (κ1) is 20.7. The average molecular weight is 395 g/mol. The SMILES string of the molecule is CNC1CCN(C(=O)C(Sc2ccc(F)cc2)c2ccccc2)CC1.Cl. The summed E-state index contributed by atoms with van der Waals surface area (Å²) in [6.07, 6.45) is 1.95. The number of likely N-dealkylation sites (tertiary alicyclic amines) is 1. The molecule has 1 aliphatic heterocycles. The van der Waals surface area contributed by atoms with Crippen LogP contribution in [0.15, 0.2) is 59.5 Å². The minimum atomic E-state index is -0.308. The van der Waals surface area contributed by atoms with Crippen LogP contribution in [0.5, 0.6) is 0 Å². The highest BCUT2D eigenvalue weighted by Crippen LogP contribution is 2.37. The highest BCUT2D eigenvalue weighted by molar-refractivity contribution is 8.00. The van der Waals surface area contributed by atoms with Crippen LogP contribution in [0.3, 0.4) is 0 Å². The molecule has 1 unspecified atom stereocenters. The molecule has 0 saturated carbocycles. The Labute approximate surface area is 164 Å². The summed E-state index contributed by atoms with van der Waals surface area (Å²) in [6, 6.07) is 16.7. The molecule has 1 amide bonds. The summed E-state index contributed by atoms with van der Waals surface area (Å²) in [5, 5.41) is 2.98. The van der Waals surface area contributed by atoms with Gasteiger partial charge in [-0.1, -0.05) is 30.3 Å². The molecule has 1 aliphatic rings. The lowest BCUT2D eigenvalue weighted by Gasteiger charge is -2.34. The summed E-state index contributed by atoms with van der Waals surface area (Å²) < 4.78 is 13.2. The third kappa shape index (κ3) is 5.22. The van der Waals surface area contributed by atoms with Gasteiger partial charge in [0.1, 0.15) is 11.1 Å². The molecule has 3 rings (SSSR count). The first-order chi connectivity index (χ1) is 12.2. The number of halogens is 2. The summed E-state index contributed by atoms with van der Waals surface area (Å²) in [7, 11) is 1.97. The molecule has 0 spiro atoms. The minimum absolute atomic E-state index is 0. The second-order valence-electron chi connectivity index (χ2n) is 6.25. The molecule has 0 aliphatic carbocycles. The fraction of sp³-hybridized carbons (Fsp3) is 0.350. The van der Waals surface area contributed by atoms with Crippen molar-refractivity contribution in [2.24, 2.45) is 0 Å². The highest BCUT2D eigenvalue weighted by atomic mass is 35.5. The zero-order chi connectivity index (χ0) is 17.6. The smallest absolute Gasteiger partial charge is 0.240 e. The van der Waals surface area contributed by atoms with E-state index in [2.05, 4.69) is 5.32 Å². The Morgan fingerprint density at radius 1 is 1.12 bits per heavy atom. The van der Waals surface area contributed by atoms with Crippen LogP contribution in [0.2, 0.25) is 0 Å². The average Bonchev–Trinajstić information content (AvgIpc) is 2.68. The third-order valence-electron chi connectivity index (χ3n) is 4.61. The highest BCUT2D eigenvalue weighted by Gasteiger charge is 2.29. The van der Waals surface area contributed by atoms with E-state index in [0.29, 0.717) is 6.04 Å². The van der Waals surface area contributed by atoms with Gasteiger partial charge in [0.2, 0.25) is 5.91 Å². The van der Waals surface area contributed by atoms with Crippen LogP contribution in [0, 0.1) is 5.82 Å². The molecule has 2 aromatic carbocycles. The molecule has 1 saturated heterocycles. The molecule has 1 N–H and O–H groups in total. The normalized spacial score (nSPS) is 16.0. The number of amides is 1. The van der Waals surface area contributed by atoms with Crippen LogP contribution in [0.25, 0.3) is 0 Å². The van der Waals surface area contributed by atoms with Gasteiger partial charge in [0, 0.05) is 24.0 Å². The van der Waals surface area contributed by atoms with Gasteiger partial charge in [-0.25, -0.2) is 4.39 Å². The summed E-state index contributed by atoms with van der Waals surface area (Å²) in [6.45, 7) is 1.55. The van der Waals surface area contributed by atoms with E-state index in [1.165, 1.54) is 23.9 Å². The topological polar surface area (TPSA) is 32.3 Å². The summed E-state index contributed by atoms with van der Waals surface area (Å²) in [5.41, 5.74) is 0.984. The standard InChI is InChI=1S/C20H23FN2OS.ClH/c1-22-17-11-13-23(14-12-17)20(24)19(15-5-3-2-4-6-15)25-18-9-7-16(21)8-10-18;/h2-10,17,19,22H,11-14H2,1H3;1H. The molecule has 2 aromatic rings. The van der Waals surface area contributed by atoms with Crippen LogP contribution in [-0.2, 0) is 4.79 Å². The number of nitrogens with one attached hydrogen (secondary N) is 1. The maximum Gasteiger partial charge on any atom is 0.240 e. The summed E-state index contributed by atoms with van der Waals surface area (Å²) >= 11 is 1.49. The van der Waals surface area contributed by atoms with Gasteiger partial charge >= 0.3 is 0 Å². The van der Waals surface area contributed by atoms with Gasteiger partial charge in [-0.3, -0.25) is 4.79 Å². The maximum absolute atomic E-state index is 13.2. The van der Waals surface area contributed by atoms with Gasteiger partial charge in [0.05, 0.1) is 0 Å². The Morgan fingerprint density at radius 2 is 1.73 bits per heavy atom. The quantitative estimate of drug-likeness (QED) is 0.768. The predicted molar refractivity (Wildman–Crippen MR) is 107 cm³/mol. The number of nitrogens with zero attached hydrogens (tertiary/aromatic N) is 1. The van der Waals surface area contributed by atoms with E-state index in [9.17, 15) is 9.18 Å². The lowest BCUT2D eigenvalue weighted by molar-refractivity contribution is -0.131. The molecule has 140 valence electrons. The third-order valence-corrected chi connectivity index (χ3v) is 5.86. The van der Waals surface area contributed by atoms with Crippen molar-refractivity contribution in [1.29, 1.82) is 0 Å². The van der Waals surface area contributed by atoms with Crippen molar-refractivity contribution in [3.05, 3.63) is 66.0 Å². The molecule has 6 heteroatoms. The zero-order valence-electron chi connectivity index (χ0n) is 14.7. The fourth-order valence-electron chi connectivity index (χ4n) is 3.09. The molecule has 3 nitrogen and oxygen atoms in total. The molecule has 26 heavy (non-hydrogen) atoms. The number of benzene rings is 2. The summed E-state index contributed by atoms with van der Waals surface area (Å²) in [5.74, 6) is -0.129.